The van der Waals surface area contributed by atoms with Gasteiger partial charge in [-0.25, -0.2) is 9.18 Å². The lowest BCUT2D eigenvalue weighted by molar-refractivity contribution is -0.138. The van der Waals surface area contributed by atoms with Gasteiger partial charge < -0.3 is 9.64 Å². The Bertz CT molecular complexity index is 327. The zero-order valence-corrected chi connectivity index (χ0v) is 8.95. The zero-order valence-electron chi connectivity index (χ0n) is 8.95. The number of esters is 1. The smallest absolute Gasteiger partial charge is 0.348 e. The standard InChI is InChI=1S/C10H13FN2O2/c1-4-15-10(14)8(6-12)5-9(11)7-13(2)3/h5,7H,4H2,1-3H3/b8-5+,9-7-. The van der Waals surface area contributed by atoms with E-state index < -0.39 is 11.8 Å². The summed E-state index contributed by atoms with van der Waals surface area (Å²) in [5.41, 5.74) is -0.354. The highest BCUT2D eigenvalue weighted by molar-refractivity contribution is 5.93. The Balaban J connectivity index is 4.76. The summed E-state index contributed by atoms with van der Waals surface area (Å²) in [6.45, 7) is 1.76. The van der Waals surface area contributed by atoms with Crippen LogP contribution in [0.4, 0.5) is 4.39 Å². The Morgan fingerprint density at radius 2 is 2.20 bits per heavy atom. The van der Waals surface area contributed by atoms with Crippen molar-refractivity contribution < 1.29 is 13.9 Å². The molecule has 0 aliphatic carbocycles. The van der Waals surface area contributed by atoms with Crippen LogP contribution in [0.3, 0.4) is 0 Å². The summed E-state index contributed by atoms with van der Waals surface area (Å²) in [5, 5.41) is 8.58. The summed E-state index contributed by atoms with van der Waals surface area (Å²) < 4.78 is 17.6. The van der Waals surface area contributed by atoms with Gasteiger partial charge in [0.05, 0.1) is 6.61 Å². The van der Waals surface area contributed by atoms with Gasteiger partial charge in [-0.1, -0.05) is 0 Å². The highest BCUT2D eigenvalue weighted by Gasteiger charge is 2.10. The zero-order chi connectivity index (χ0) is 11.8. The van der Waals surface area contributed by atoms with Crippen molar-refractivity contribution in [2.75, 3.05) is 20.7 Å². The fourth-order valence-corrected chi connectivity index (χ4v) is 0.768. The molecule has 0 aliphatic rings. The maximum Gasteiger partial charge on any atom is 0.348 e. The van der Waals surface area contributed by atoms with Gasteiger partial charge in [-0.3, -0.25) is 0 Å². The SMILES string of the molecule is CCOC(=O)/C(C#N)=C/C(F)=C/N(C)C. The van der Waals surface area contributed by atoms with E-state index >= 15 is 0 Å². The average Bonchev–Trinajstić information content (AvgIpc) is 2.13. The number of hydrogen-bond donors (Lipinski definition) is 0. The molecule has 82 valence electrons. The van der Waals surface area contributed by atoms with E-state index in [2.05, 4.69) is 4.74 Å². The number of rotatable bonds is 4. The van der Waals surface area contributed by atoms with Gasteiger partial charge in [-0.05, 0) is 6.92 Å². The van der Waals surface area contributed by atoms with Crippen LogP contribution in [0.5, 0.6) is 0 Å². The molecule has 5 heteroatoms. The Labute approximate surface area is 88.2 Å². The van der Waals surface area contributed by atoms with Crippen molar-refractivity contribution in [3.8, 4) is 6.07 Å². The van der Waals surface area contributed by atoms with Gasteiger partial charge in [0.1, 0.15) is 17.5 Å². The van der Waals surface area contributed by atoms with Gasteiger partial charge in [-0.2, -0.15) is 5.26 Å². The molecule has 0 aromatic heterocycles. The van der Waals surface area contributed by atoms with E-state index in [1.807, 2.05) is 0 Å². The number of carbonyl (C=O) groups is 1. The molecular formula is C10H13FN2O2. The number of halogens is 1. The van der Waals surface area contributed by atoms with Gasteiger partial charge in [0, 0.05) is 26.4 Å². The first-order valence-corrected chi connectivity index (χ1v) is 4.34. The molecule has 15 heavy (non-hydrogen) atoms. The number of nitrogens with zero attached hydrogens (tertiary/aromatic N) is 2. The molecule has 0 saturated heterocycles. The van der Waals surface area contributed by atoms with E-state index in [4.69, 9.17) is 5.26 Å². The fraction of sp³-hybridized carbons (Fsp3) is 0.400. The Kier molecular flexibility index (Phi) is 5.79. The summed E-state index contributed by atoms with van der Waals surface area (Å²) in [5.74, 6) is -1.49. The van der Waals surface area contributed by atoms with Crippen LogP contribution in [0, 0.1) is 11.3 Å². The van der Waals surface area contributed by atoms with Gasteiger partial charge in [0.25, 0.3) is 0 Å². The lowest BCUT2D eigenvalue weighted by Crippen LogP contribution is -2.07. The molecule has 0 bridgehead atoms. The first kappa shape index (κ1) is 13.2. The van der Waals surface area contributed by atoms with Crippen molar-refractivity contribution in [3.63, 3.8) is 0 Å². The van der Waals surface area contributed by atoms with E-state index in [-0.39, 0.29) is 12.2 Å². The van der Waals surface area contributed by atoms with Crippen LogP contribution in [-0.4, -0.2) is 31.6 Å². The molecule has 0 spiro atoms. The summed E-state index contributed by atoms with van der Waals surface area (Å²) >= 11 is 0. The molecule has 0 heterocycles. The predicted molar refractivity (Wildman–Crippen MR) is 53.2 cm³/mol. The highest BCUT2D eigenvalue weighted by atomic mass is 19.1. The molecule has 4 nitrogen and oxygen atoms in total. The van der Waals surface area contributed by atoms with Gasteiger partial charge in [-0.15, -0.1) is 0 Å². The van der Waals surface area contributed by atoms with Gasteiger partial charge >= 0.3 is 5.97 Å². The number of allylic oxidation sites excluding steroid dienone is 2. The lowest BCUT2D eigenvalue weighted by Gasteiger charge is -2.03. The third-order valence-electron chi connectivity index (χ3n) is 1.28. The Morgan fingerprint density at radius 3 is 2.60 bits per heavy atom. The molecule has 0 fully saturated rings. The second-order valence-corrected chi connectivity index (χ2v) is 2.87. The predicted octanol–water partition coefficient (Wildman–Crippen LogP) is 1.37. The minimum absolute atomic E-state index is 0.150. The number of nitriles is 1. The summed E-state index contributed by atoms with van der Waals surface area (Å²) in [6, 6.07) is 1.58. The van der Waals surface area contributed by atoms with Crippen molar-refractivity contribution >= 4 is 5.97 Å². The first-order valence-electron chi connectivity index (χ1n) is 4.34. The fourth-order valence-electron chi connectivity index (χ4n) is 0.768. The number of carbonyl (C=O) groups excluding carboxylic acids is 1. The van der Waals surface area contributed by atoms with Crippen molar-refractivity contribution in [2.45, 2.75) is 6.92 Å². The molecule has 0 aromatic rings. The lowest BCUT2D eigenvalue weighted by atomic mass is 10.2. The molecule has 0 aromatic carbocycles. The quantitative estimate of drug-likeness (QED) is 0.305. The summed E-state index contributed by atoms with van der Waals surface area (Å²) in [6.07, 6.45) is 1.99. The third-order valence-corrected chi connectivity index (χ3v) is 1.28. The van der Waals surface area contributed by atoms with Crippen LogP contribution in [0.1, 0.15) is 6.92 Å². The summed E-state index contributed by atoms with van der Waals surface area (Å²) in [4.78, 5) is 12.5. The van der Waals surface area contributed by atoms with Crippen LogP contribution >= 0.6 is 0 Å². The normalized spacial score (nSPS) is 11.9. The molecule has 0 atom stereocenters. The minimum atomic E-state index is -0.817. The van der Waals surface area contributed by atoms with Crippen LogP contribution in [-0.2, 0) is 9.53 Å². The second-order valence-electron chi connectivity index (χ2n) is 2.87. The molecule has 0 radical (unpaired) electrons. The summed E-state index contributed by atoms with van der Waals surface area (Å²) in [7, 11) is 3.26. The maximum atomic E-state index is 13.1. The second kappa shape index (κ2) is 6.60. The van der Waals surface area contributed by atoms with Crippen LogP contribution < -0.4 is 0 Å². The molecular weight excluding hydrogens is 199 g/mol. The van der Waals surface area contributed by atoms with Crippen LogP contribution in [0.2, 0.25) is 0 Å². The maximum absolute atomic E-state index is 13.1. The average molecular weight is 212 g/mol. The van der Waals surface area contributed by atoms with Gasteiger partial charge in [0.15, 0.2) is 0 Å². The van der Waals surface area contributed by atoms with E-state index in [0.29, 0.717) is 0 Å². The van der Waals surface area contributed by atoms with Crippen molar-refractivity contribution in [3.05, 3.63) is 23.7 Å². The van der Waals surface area contributed by atoms with E-state index in [1.54, 1.807) is 27.1 Å². The molecule has 0 amide bonds. The molecule has 0 N–H and O–H groups in total. The van der Waals surface area contributed by atoms with Crippen molar-refractivity contribution in [2.24, 2.45) is 0 Å². The number of ether oxygens (including phenoxy) is 1. The van der Waals surface area contributed by atoms with Crippen molar-refractivity contribution in [1.82, 2.24) is 4.90 Å². The van der Waals surface area contributed by atoms with E-state index in [1.165, 1.54) is 4.90 Å². The molecule has 0 saturated carbocycles. The largest absolute Gasteiger partial charge is 0.462 e. The Morgan fingerprint density at radius 1 is 1.60 bits per heavy atom. The Hall–Kier alpha value is -1.83. The molecule has 0 unspecified atom stereocenters. The first-order chi connectivity index (χ1) is 7.01. The van der Waals surface area contributed by atoms with Gasteiger partial charge in [0.2, 0.25) is 0 Å². The van der Waals surface area contributed by atoms with Crippen molar-refractivity contribution in [1.29, 1.82) is 5.26 Å². The third kappa shape index (κ3) is 5.47. The molecule has 0 rings (SSSR count). The monoisotopic (exact) mass is 212 g/mol. The van der Waals surface area contributed by atoms with E-state index in [0.717, 1.165) is 12.3 Å². The highest BCUT2D eigenvalue weighted by Crippen LogP contribution is 2.06. The topological polar surface area (TPSA) is 53.3 Å². The van der Waals surface area contributed by atoms with Crippen LogP contribution in [0.15, 0.2) is 23.7 Å². The van der Waals surface area contributed by atoms with Crippen LogP contribution in [0.25, 0.3) is 0 Å². The van der Waals surface area contributed by atoms with E-state index in [9.17, 15) is 9.18 Å². The number of hydrogen-bond acceptors (Lipinski definition) is 4. The minimum Gasteiger partial charge on any atom is -0.462 e. The molecule has 0 aliphatic heterocycles.